The molecule has 1 saturated carbocycles. The predicted octanol–water partition coefficient (Wildman–Crippen LogP) is 3.23. The van der Waals surface area contributed by atoms with Gasteiger partial charge in [0.1, 0.15) is 5.75 Å². The van der Waals surface area contributed by atoms with Crippen molar-refractivity contribution in [2.75, 3.05) is 26.7 Å². The Morgan fingerprint density at radius 2 is 2.16 bits per heavy atom. The minimum atomic E-state index is -0.199. The molecule has 0 aliphatic heterocycles. The van der Waals surface area contributed by atoms with Crippen LogP contribution < -0.4 is 15.4 Å². The Morgan fingerprint density at radius 1 is 1.36 bits per heavy atom. The Kier molecular flexibility index (Phi) is 10.5. The maximum Gasteiger partial charge on any atom is 0.191 e. The molecule has 2 rings (SSSR count). The molecule has 7 heteroatoms. The van der Waals surface area contributed by atoms with E-state index in [1.807, 2.05) is 25.1 Å². The van der Waals surface area contributed by atoms with Gasteiger partial charge < -0.3 is 20.5 Å². The minimum absolute atomic E-state index is 0. The first-order chi connectivity index (χ1) is 11.6. The number of ether oxygens (including phenoxy) is 1. The first kappa shape index (κ1) is 22.3. The Labute approximate surface area is 172 Å². The molecule has 25 heavy (non-hydrogen) atoms. The van der Waals surface area contributed by atoms with Gasteiger partial charge in [-0.3, -0.25) is 4.99 Å². The Bertz CT molecular complexity index is 557. The molecule has 1 aromatic rings. The molecular weight excluding hydrogens is 453 g/mol. The third-order valence-electron chi connectivity index (χ3n) is 4.39. The van der Waals surface area contributed by atoms with Crippen molar-refractivity contribution in [3.05, 3.63) is 28.8 Å². The highest BCUT2D eigenvalue weighted by Crippen LogP contribution is 2.25. The van der Waals surface area contributed by atoms with Gasteiger partial charge in [0.25, 0.3) is 0 Å². The van der Waals surface area contributed by atoms with Crippen molar-refractivity contribution in [1.29, 1.82) is 0 Å². The maximum atomic E-state index is 9.89. The van der Waals surface area contributed by atoms with Crippen molar-refractivity contribution >= 4 is 41.5 Å². The second kappa shape index (κ2) is 11.8. The van der Waals surface area contributed by atoms with Gasteiger partial charge >= 0.3 is 0 Å². The molecular formula is C18H29ClIN3O2. The topological polar surface area (TPSA) is 65.9 Å². The predicted molar refractivity (Wildman–Crippen MR) is 114 cm³/mol. The van der Waals surface area contributed by atoms with Crippen molar-refractivity contribution < 1.29 is 9.84 Å². The number of aliphatic hydroxyl groups is 1. The van der Waals surface area contributed by atoms with Crippen LogP contribution in [0.25, 0.3) is 0 Å². The van der Waals surface area contributed by atoms with Gasteiger partial charge in [0.2, 0.25) is 0 Å². The van der Waals surface area contributed by atoms with E-state index in [4.69, 9.17) is 16.3 Å². The van der Waals surface area contributed by atoms with Crippen LogP contribution in [-0.2, 0) is 6.42 Å². The fourth-order valence-corrected chi connectivity index (χ4v) is 3.22. The number of aliphatic hydroxyl groups excluding tert-OH is 1. The van der Waals surface area contributed by atoms with Gasteiger partial charge in [-0.1, -0.05) is 24.1 Å². The molecule has 1 aliphatic rings. The first-order valence-electron chi connectivity index (χ1n) is 8.66. The smallest absolute Gasteiger partial charge is 0.191 e. The number of guanidine groups is 1. The Balaban J connectivity index is 0.00000312. The summed E-state index contributed by atoms with van der Waals surface area (Å²) in [7, 11) is 1.63. The lowest BCUT2D eigenvalue weighted by atomic mass is 10.1. The maximum absolute atomic E-state index is 9.89. The van der Waals surface area contributed by atoms with Crippen LogP contribution in [0.3, 0.4) is 0 Å². The van der Waals surface area contributed by atoms with E-state index in [2.05, 4.69) is 15.6 Å². The van der Waals surface area contributed by atoms with Gasteiger partial charge in [0, 0.05) is 30.6 Å². The molecule has 1 aliphatic carbocycles. The molecule has 3 N–H and O–H groups in total. The van der Waals surface area contributed by atoms with Crippen LogP contribution in [0.1, 0.15) is 31.7 Å². The molecule has 142 valence electrons. The van der Waals surface area contributed by atoms with Gasteiger partial charge in [-0.2, -0.15) is 0 Å². The number of methoxy groups -OCH3 is 1. The molecule has 2 unspecified atom stereocenters. The summed E-state index contributed by atoms with van der Waals surface area (Å²) in [5, 5.41) is 17.2. The van der Waals surface area contributed by atoms with E-state index < -0.39 is 0 Å². The lowest BCUT2D eigenvalue weighted by molar-refractivity contribution is 0.136. The summed E-state index contributed by atoms with van der Waals surface area (Å²) in [5.74, 6) is 1.85. The van der Waals surface area contributed by atoms with Crippen LogP contribution in [0.2, 0.25) is 5.02 Å². The highest BCUT2D eigenvalue weighted by atomic mass is 127. The van der Waals surface area contributed by atoms with Gasteiger partial charge in [0.15, 0.2) is 5.96 Å². The van der Waals surface area contributed by atoms with E-state index in [9.17, 15) is 5.11 Å². The van der Waals surface area contributed by atoms with Crippen LogP contribution in [-0.4, -0.2) is 43.9 Å². The highest BCUT2D eigenvalue weighted by Gasteiger charge is 2.24. The summed E-state index contributed by atoms with van der Waals surface area (Å²) in [4.78, 5) is 4.61. The summed E-state index contributed by atoms with van der Waals surface area (Å²) < 4.78 is 5.16. The van der Waals surface area contributed by atoms with Crippen LogP contribution in [0.4, 0.5) is 0 Å². The van der Waals surface area contributed by atoms with Crippen molar-refractivity contribution in [3.63, 3.8) is 0 Å². The van der Waals surface area contributed by atoms with Crippen molar-refractivity contribution in [2.24, 2.45) is 10.9 Å². The molecule has 2 atom stereocenters. The van der Waals surface area contributed by atoms with E-state index in [-0.39, 0.29) is 36.0 Å². The third-order valence-corrected chi connectivity index (χ3v) is 4.75. The van der Waals surface area contributed by atoms with Crippen molar-refractivity contribution in [1.82, 2.24) is 10.6 Å². The van der Waals surface area contributed by atoms with Crippen LogP contribution in [0, 0.1) is 5.92 Å². The van der Waals surface area contributed by atoms with Crippen molar-refractivity contribution in [3.8, 4) is 5.75 Å². The molecule has 5 nitrogen and oxygen atoms in total. The summed E-state index contributed by atoms with van der Waals surface area (Å²) >= 11 is 6.27. The second-order valence-electron chi connectivity index (χ2n) is 6.11. The number of hydrogen-bond donors (Lipinski definition) is 3. The SMILES string of the molecule is CCNC(=NCC1CCCC1O)NCCc1ccc(OC)cc1Cl.I. The zero-order valence-corrected chi connectivity index (χ0v) is 18.0. The standard InChI is InChI=1S/C18H28ClN3O2.HI/c1-3-20-18(22-12-14-5-4-6-17(14)23)21-10-9-13-7-8-15(24-2)11-16(13)19;/h7-8,11,14,17,23H,3-6,9-10,12H2,1-2H3,(H2,20,21,22);1H. The molecule has 0 radical (unpaired) electrons. The molecule has 0 aromatic heterocycles. The van der Waals surface area contributed by atoms with E-state index >= 15 is 0 Å². The summed E-state index contributed by atoms with van der Waals surface area (Å²) in [6.45, 7) is 4.26. The Hall–Kier alpha value is -0.730. The molecule has 0 heterocycles. The quantitative estimate of drug-likeness (QED) is 0.318. The zero-order chi connectivity index (χ0) is 17.4. The first-order valence-corrected chi connectivity index (χ1v) is 9.04. The zero-order valence-electron chi connectivity index (χ0n) is 14.9. The molecule has 0 saturated heterocycles. The molecule has 0 amide bonds. The second-order valence-corrected chi connectivity index (χ2v) is 6.52. The minimum Gasteiger partial charge on any atom is -0.497 e. The molecule has 1 aromatic carbocycles. The third kappa shape index (κ3) is 7.19. The lowest BCUT2D eigenvalue weighted by Gasteiger charge is -2.15. The van der Waals surface area contributed by atoms with E-state index in [1.165, 1.54) is 0 Å². The van der Waals surface area contributed by atoms with Crippen LogP contribution in [0.15, 0.2) is 23.2 Å². The molecule has 0 bridgehead atoms. The lowest BCUT2D eigenvalue weighted by Crippen LogP contribution is -2.39. The van der Waals surface area contributed by atoms with Crippen LogP contribution in [0.5, 0.6) is 5.75 Å². The van der Waals surface area contributed by atoms with E-state index in [0.717, 1.165) is 56.0 Å². The Morgan fingerprint density at radius 3 is 2.76 bits per heavy atom. The normalized spacial score (nSPS) is 20.1. The largest absolute Gasteiger partial charge is 0.497 e. The summed E-state index contributed by atoms with van der Waals surface area (Å²) in [5.41, 5.74) is 1.08. The summed E-state index contributed by atoms with van der Waals surface area (Å²) in [6, 6.07) is 5.74. The average Bonchev–Trinajstić information content (AvgIpc) is 2.99. The monoisotopic (exact) mass is 481 g/mol. The van der Waals surface area contributed by atoms with Gasteiger partial charge in [-0.05, 0) is 43.9 Å². The fourth-order valence-electron chi connectivity index (χ4n) is 2.95. The average molecular weight is 482 g/mol. The van der Waals surface area contributed by atoms with Gasteiger partial charge in [-0.15, -0.1) is 24.0 Å². The number of rotatable bonds is 7. The van der Waals surface area contributed by atoms with Gasteiger partial charge in [0.05, 0.1) is 13.2 Å². The number of nitrogens with one attached hydrogen (secondary N) is 2. The van der Waals surface area contributed by atoms with Crippen molar-refractivity contribution in [2.45, 2.75) is 38.7 Å². The molecule has 0 spiro atoms. The number of halogens is 2. The van der Waals surface area contributed by atoms with E-state index in [1.54, 1.807) is 7.11 Å². The number of aliphatic imine (C=N–C) groups is 1. The number of benzene rings is 1. The van der Waals surface area contributed by atoms with Crippen LogP contribution >= 0.6 is 35.6 Å². The number of hydrogen-bond acceptors (Lipinski definition) is 3. The van der Waals surface area contributed by atoms with E-state index in [0.29, 0.717) is 11.6 Å². The number of nitrogens with zero attached hydrogens (tertiary/aromatic N) is 1. The highest BCUT2D eigenvalue weighted by molar-refractivity contribution is 14.0. The van der Waals surface area contributed by atoms with Gasteiger partial charge in [-0.25, -0.2) is 0 Å². The fraction of sp³-hybridized carbons (Fsp3) is 0.611. The molecule has 1 fully saturated rings. The summed E-state index contributed by atoms with van der Waals surface area (Å²) in [6.07, 6.45) is 3.67.